The van der Waals surface area contributed by atoms with Crippen LogP contribution in [0.3, 0.4) is 0 Å². The van der Waals surface area contributed by atoms with Crippen molar-refractivity contribution in [2.24, 2.45) is 35.5 Å². The van der Waals surface area contributed by atoms with Gasteiger partial charge in [0.25, 0.3) is 0 Å². The highest BCUT2D eigenvalue weighted by Gasteiger charge is 2.39. The second-order valence-electron chi connectivity index (χ2n) is 9.05. The van der Waals surface area contributed by atoms with Crippen LogP contribution in [0, 0.1) is 35.5 Å². The number of rotatable bonds is 0. The van der Waals surface area contributed by atoms with Crippen LogP contribution in [0.4, 0.5) is 0 Å². The van der Waals surface area contributed by atoms with Crippen molar-refractivity contribution in [3.05, 3.63) is 72.9 Å². The smallest absolute Gasteiger partial charge is 0.00983 e. The lowest BCUT2D eigenvalue weighted by Gasteiger charge is -2.21. The van der Waals surface area contributed by atoms with Crippen LogP contribution in [0.25, 0.3) is 0 Å². The Bertz CT molecular complexity index is 579. The van der Waals surface area contributed by atoms with Crippen molar-refractivity contribution >= 4 is 0 Å². The van der Waals surface area contributed by atoms with E-state index in [0.717, 1.165) is 35.5 Å². The molecule has 0 saturated heterocycles. The van der Waals surface area contributed by atoms with Crippen LogP contribution < -0.4 is 0 Å². The Balaban J connectivity index is -0.0000000413. The fourth-order valence-electron chi connectivity index (χ4n) is 5.75. The average Bonchev–Trinajstić information content (AvgIpc) is 4.20. The molecule has 0 aromatic carbocycles. The van der Waals surface area contributed by atoms with Crippen LogP contribution in [0.15, 0.2) is 72.9 Å². The third-order valence-electron chi connectivity index (χ3n) is 7.29. The van der Waals surface area contributed by atoms with Crippen molar-refractivity contribution < 1.29 is 0 Å². The van der Waals surface area contributed by atoms with Crippen LogP contribution in [-0.2, 0) is 0 Å². The topological polar surface area (TPSA) is 0 Å². The van der Waals surface area contributed by atoms with Crippen LogP contribution >= 0.6 is 0 Å². The monoisotopic (exact) mass is 811 g/mol. The van der Waals surface area contributed by atoms with Crippen LogP contribution in [0.1, 0.15) is 265 Å². The fourth-order valence-corrected chi connectivity index (χ4v) is 5.75. The molecule has 6 aliphatic carbocycles. The molecule has 0 nitrogen and oxygen atoms in total. The van der Waals surface area contributed by atoms with Gasteiger partial charge in [0.15, 0.2) is 0 Å². The van der Waals surface area contributed by atoms with E-state index in [1.165, 1.54) is 57.8 Å². The number of hydrogen-bond acceptors (Lipinski definition) is 0. The highest BCUT2D eigenvalue weighted by molar-refractivity contribution is 5.26. The van der Waals surface area contributed by atoms with Gasteiger partial charge in [-0.3, -0.25) is 0 Å². The normalized spacial score (nSPS) is 20.1. The van der Waals surface area contributed by atoms with E-state index in [2.05, 4.69) is 72.9 Å². The molecule has 0 radical (unpaired) electrons. The second-order valence-corrected chi connectivity index (χ2v) is 9.05. The molecular formula is C57H126. The maximum Gasteiger partial charge on any atom is -0.00983 e. The minimum atomic E-state index is 0.774. The zero-order valence-corrected chi connectivity index (χ0v) is 46.8. The summed E-state index contributed by atoms with van der Waals surface area (Å²) in [4.78, 5) is 0. The van der Waals surface area contributed by atoms with Crippen molar-refractivity contribution in [2.45, 2.75) is 265 Å². The van der Waals surface area contributed by atoms with E-state index in [-0.39, 0.29) is 0 Å². The Morgan fingerprint density at radius 3 is 0.596 bits per heavy atom. The zero-order chi connectivity index (χ0) is 48.3. The highest BCUT2D eigenvalue weighted by Crippen LogP contribution is 2.46. The second kappa shape index (κ2) is 111. The quantitative estimate of drug-likeness (QED) is 0.229. The highest BCUT2D eigenvalue weighted by atomic mass is 14.4. The predicted molar refractivity (Wildman–Crippen MR) is 288 cm³/mol. The van der Waals surface area contributed by atoms with Gasteiger partial charge in [0, 0.05) is 0 Å². The molecule has 6 unspecified atom stereocenters. The van der Waals surface area contributed by atoms with Crippen molar-refractivity contribution in [2.75, 3.05) is 0 Å². The molecule has 0 heterocycles. The summed E-state index contributed by atoms with van der Waals surface area (Å²) < 4.78 is 0. The Kier molecular flexibility index (Phi) is 169. The summed E-state index contributed by atoms with van der Waals surface area (Å²) in [6.45, 7) is 60.0. The number of fused-ring (bicyclic) bond motifs is 4. The van der Waals surface area contributed by atoms with Gasteiger partial charge in [0.1, 0.15) is 0 Å². The predicted octanol–water partition coefficient (Wildman–Crippen LogP) is 23.0. The fraction of sp³-hybridized carbons (Fsp3) is 0.789. The van der Waals surface area contributed by atoms with Gasteiger partial charge in [0.05, 0.1) is 0 Å². The summed E-state index contributed by atoms with van der Waals surface area (Å²) in [5.41, 5.74) is 0. The number of allylic oxidation sites excluding steroid dienone is 12. The lowest BCUT2D eigenvalue weighted by molar-refractivity contribution is 0.461. The lowest BCUT2D eigenvalue weighted by Crippen LogP contribution is -2.14. The zero-order valence-electron chi connectivity index (χ0n) is 46.8. The molecule has 0 N–H and O–H groups in total. The van der Waals surface area contributed by atoms with E-state index in [0.29, 0.717) is 0 Å². The maximum absolute atomic E-state index is 2.39. The third kappa shape index (κ3) is 58.8. The van der Waals surface area contributed by atoms with Crippen molar-refractivity contribution in [1.82, 2.24) is 0 Å². The summed E-state index contributed by atoms with van der Waals surface area (Å²) in [6.07, 6.45) is 40.6. The Labute approximate surface area is 372 Å². The summed E-state index contributed by atoms with van der Waals surface area (Å²) in [6, 6.07) is 0. The SMILES string of the molecule is C1=CC2CC3C=CC=CC3C2C=C1.C1=CC2CCCC2C=C1.C1CCCC1.CC.CC.CC.CC.CC.CC.CC.CC.CC.CC.CC.CC.CC.CC.CC. The molecule has 0 bridgehead atoms. The molecule has 0 spiro atoms. The minimum absolute atomic E-state index is 0.774. The Hall–Kier alpha value is -1.56. The molecule has 0 aliphatic heterocycles. The molecule has 0 amide bonds. The van der Waals surface area contributed by atoms with E-state index in [1.807, 2.05) is 208 Å². The van der Waals surface area contributed by atoms with Crippen LogP contribution in [0.5, 0.6) is 0 Å². The van der Waals surface area contributed by atoms with Gasteiger partial charge >= 0.3 is 0 Å². The molecule has 6 atom stereocenters. The third-order valence-corrected chi connectivity index (χ3v) is 7.29. The van der Waals surface area contributed by atoms with Crippen LogP contribution in [0.2, 0.25) is 0 Å². The van der Waals surface area contributed by atoms with E-state index < -0.39 is 0 Å². The van der Waals surface area contributed by atoms with Gasteiger partial charge in [-0.2, -0.15) is 0 Å². The van der Waals surface area contributed by atoms with Gasteiger partial charge in [-0.25, -0.2) is 0 Å². The molecule has 3 fully saturated rings. The van der Waals surface area contributed by atoms with Gasteiger partial charge < -0.3 is 0 Å². The first kappa shape index (κ1) is 87.1. The molecule has 354 valence electrons. The van der Waals surface area contributed by atoms with Crippen LogP contribution in [-0.4, -0.2) is 0 Å². The maximum atomic E-state index is 2.39. The Morgan fingerprint density at radius 2 is 0.386 bits per heavy atom. The molecule has 57 heavy (non-hydrogen) atoms. The molecule has 6 aliphatic rings. The van der Waals surface area contributed by atoms with E-state index in [1.54, 1.807) is 0 Å². The van der Waals surface area contributed by atoms with E-state index in [4.69, 9.17) is 0 Å². The molecule has 0 aromatic heterocycles. The van der Waals surface area contributed by atoms with Gasteiger partial charge in [-0.05, 0) is 54.8 Å². The first-order valence-corrected chi connectivity index (χ1v) is 26.5. The number of hydrogen-bond donors (Lipinski definition) is 0. The molecule has 3 saturated carbocycles. The lowest BCUT2D eigenvalue weighted by atomic mass is 9.83. The van der Waals surface area contributed by atoms with Gasteiger partial charge in [-0.15, -0.1) is 0 Å². The Morgan fingerprint density at radius 1 is 0.211 bits per heavy atom. The average molecular weight is 812 g/mol. The molecule has 0 heteroatoms. The first-order valence-electron chi connectivity index (χ1n) is 26.5. The van der Waals surface area contributed by atoms with Gasteiger partial charge in [0.2, 0.25) is 0 Å². The largest absolute Gasteiger partial charge is 0.0808 e. The van der Waals surface area contributed by atoms with Crippen molar-refractivity contribution in [1.29, 1.82) is 0 Å². The minimum Gasteiger partial charge on any atom is -0.0808 e. The van der Waals surface area contributed by atoms with Crippen molar-refractivity contribution in [3.8, 4) is 0 Å². The van der Waals surface area contributed by atoms with Crippen molar-refractivity contribution in [3.63, 3.8) is 0 Å². The summed E-state index contributed by atoms with van der Waals surface area (Å²) in [5, 5.41) is 0. The summed E-state index contributed by atoms with van der Waals surface area (Å²) in [5.74, 6) is 4.94. The van der Waals surface area contributed by atoms with Gasteiger partial charge in [-0.1, -0.05) is 319 Å². The van der Waals surface area contributed by atoms with E-state index in [9.17, 15) is 0 Å². The molecular weight excluding hydrogens is 685 g/mol. The summed E-state index contributed by atoms with van der Waals surface area (Å²) >= 11 is 0. The first-order chi connectivity index (χ1) is 28.4. The molecule has 0 aromatic rings. The standard InChI is InChI=1S/C13H14.C9H12.C5H10.15C2H6/c1-3-7-12-10(5-1)9-11-6-2-4-8-13(11)12;1-2-5-9-7-3-6-8(9)4-1;1-2-4-5-3-1;15*1-2/h1-8,10-13H,9H2;1-2,4-5,8-9H,3,6-7H2;1-5H2;15*1-2H3. The molecule has 6 rings (SSSR count). The van der Waals surface area contributed by atoms with E-state index >= 15 is 0 Å². The summed E-state index contributed by atoms with van der Waals surface area (Å²) in [7, 11) is 0.